The van der Waals surface area contributed by atoms with Crippen molar-refractivity contribution < 1.29 is 14.3 Å². The van der Waals surface area contributed by atoms with Crippen molar-refractivity contribution in [3.63, 3.8) is 0 Å². The number of anilines is 1. The highest BCUT2D eigenvalue weighted by atomic mass is 16.5. The number of nitrogens with two attached hydrogens (primary N) is 1. The van der Waals surface area contributed by atoms with E-state index in [1.165, 1.54) is 12.8 Å². The molecule has 1 fully saturated rings. The van der Waals surface area contributed by atoms with Crippen LogP contribution in [0.3, 0.4) is 0 Å². The molecule has 4 N–H and O–H groups in total. The van der Waals surface area contributed by atoms with Crippen molar-refractivity contribution in [3.8, 4) is 0 Å². The van der Waals surface area contributed by atoms with E-state index in [0.717, 1.165) is 5.56 Å². The highest BCUT2D eigenvalue weighted by Crippen LogP contribution is 2.29. The van der Waals surface area contributed by atoms with E-state index < -0.39 is 12.1 Å². The molecular weight excluding hydrogens is 282 g/mol. The predicted octanol–water partition coefficient (Wildman–Crippen LogP) is 2.17. The van der Waals surface area contributed by atoms with Gasteiger partial charge in [-0.25, -0.2) is 4.79 Å². The smallest absolute Gasteiger partial charge is 0.316 e. The van der Waals surface area contributed by atoms with Crippen molar-refractivity contribution in [3.05, 3.63) is 29.8 Å². The van der Waals surface area contributed by atoms with Crippen molar-refractivity contribution in [2.75, 3.05) is 11.9 Å². The Balaban J connectivity index is 1.83. The normalized spacial score (nSPS) is 16.6. The van der Waals surface area contributed by atoms with Gasteiger partial charge in [0.2, 0.25) is 5.91 Å². The molecule has 2 rings (SSSR count). The molecule has 0 spiro atoms. The first-order chi connectivity index (χ1) is 10.5. The molecule has 1 aromatic rings. The van der Waals surface area contributed by atoms with Crippen molar-refractivity contribution in [2.45, 2.75) is 38.8 Å². The minimum absolute atomic E-state index is 0.118. The number of urea groups is 1. The van der Waals surface area contributed by atoms with Gasteiger partial charge in [-0.2, -0.15) is 0 Å². The summed E-state index contributed by atoms with van der Waals surface area (Å²) in [4.78, 5) is 22.8. The summed E-state index contributed by atoms with van der Waals surface area (Å²) in [5.41, 5.74) is 6.62. The van der Waals surface area contributed by atoms with E-state index >= 15 is 0 Å². The van der Waals surface area contributed by atoms with Crippen molar-refractivity contribution in [2.24, 2.45) is 11.7 Å². The minimum Gasteiger partial charge on any atom is -0.368 e. The number of hydrogen-bond acceptors (Lipinski definition) is 3. The lowest BCUT2D eigenvalue weighted by Gasteiger charge is -2.18. The van der Waals surface area contributed by atoms with Gasteiger partial charge in [-0.1, -0.05) is 12.1 Å². The van der Waals surface area contributed by atoms with Gasteiger partial charge >= 0.3 is 6.03 Å². The lowest BCUT2D eigenvalue weighted by atomic mass is 10.1. The van der Waals surface area contributed by atoms with E-state index in [9.17, 15) is 9.59 Å². The third kappa shape index (κ3) is 5.04. The van der Waals surface area contributed by atoms with Gasteiger partial charge in [0.05, 0.1) is 12.6 Å². The van der Waals surface area contributed by atoms with Gasteiger partial charge in [-0.15, -0.1) is 0 Å². The lowest BCUT2D eigenvalue weighted by molar-refractivity contribution is -0.132. The molecule has 120 valence electrons. The number of rotatable bonds is 7. The van der Waals surface area contributed by atoms with E-state index in [2.05, 4.69) is 10.6 Å². The second-order valence-electron chi connectivity index (χ2n) is 5.76. The van der Waals surface area contributed by atoms with Crippen LogP contribution in [0.15, 0.2) is 24.3 Å². The molecule has 2 unspecified atom stereocenters. The van der Waals surface area contributed by atoms with Crippen LogP contribution in [0, 0.1) is 5.92 Å². The maximum absolute atomic E-state index is 12.1. The Kier molecular flexibility index (Phi) is 5.38. The number of ether oxygens (including phenoxy) is 1. The van der Waals surface area contributed by atoms with Crippen molar-refractivity contribution in [1.29, 1.82) is 0 Å². The molecule has 0 heterocycles. The molecular formula is C16H23N3O3. The fourth-order valence-corrected chi connectivity index (χ4v) is 2.05. The number of hydrogen-bond donors (Lipinski definition) is 3. The molecule has 3 amide bonds. The van der Waals surface area contributed by atoms with Crippen LogP contribution in [-0.4, -0.2) is 24.6 Å². The number of primary amides is 1. The molecule has 6 nitrogen and oxygen atoms in total. The zero-order valence-corrected chi connectivity index (χ0v) is 13.0. The van der Waals surface area contributed by atoms with Gasteiger partial charge in [-0.3, -0.25) is 4.79 Å². The van der Waals surface area contributed by atoms with Crippen LogP contribution in [0.2, 0.25) is 0 Å². The number of benzene rings is 1. The van der Waals surface area contributed by atoms with E-state index in [1.807, 2.05) is 19.1 Å². The highest BCUT2D eigenvalue weighted by Gasteiger charge is 2.24. The summed E-state index contributed by atoms with van der Waals surface area (Å²) in [5.74, 6) is 0.519. The Morgan fingerprint density at radius 3 is 2.45 bits per heavy atom. The molecule has 1 saturated carbocycles. The summed E-state index contributed by atoms with van der Waals surface area (Å²) < 4.78 is 5.55. The molecule has 0 radical (unpaired) electrons. The van der Waals surface area contributed by atoms with Gasteiger partial charge in [0.1, 0.15) is 6.10 Å². The Morgan fingerprint density at radius 2 is 1.91 bits per heavy atom. The van der Waals surface area contributed by atoms with E-state index in [0.29, 0.717) is 18.2 Å². The third-order valence-electron chi connectivity index (χ3n) is 3.69. The van der Waals surface area contributed by atoms with Gasteiger partial charge < -0.3 is 21.1 Å². The third-order valence-corrected chi connectivity index (χ3v) is 3.69. The second-order valence-corrected chi connectivity index (χ2v) is 5.76. The number of amides is 3. The Morgan fingerprint density at radius 1 is 1.27 bits per heavy atom. The molecule has 0 aliphatic heterocycles. The second kappa shape index (κ2) is 7.26. The number of nitrogens with one attached hydrogen (secondary N) is 2. The SMILES string of the molecule is CC(OCC1CC1)C(=O)NC(C)c1ccc(NC(N)=O)cc1. The van der Waals surface area contributed by atoms with Crippen LogP contribution in [0.4, 0.5) is 10.5 Å². The van der Waals surface area contributed by atoms with Crippen LogP contribution in [0.25, 0.3) is 0 Å². The first-order valence-corrected chi connectivity index (χ1v) is 7.54. The largest absolute Gasteiger partial charge is 0.368 e. The Hall–Kier alpha value is -2.08. The zero-order valence-electron chi connectivity index (χ0n) is 13.0. The van der Waals surface area contributed by atoms with Gasteiger partial charge in [-0.05, 0) is 50.3 Å². The summed E-state index contributed by atoms with van der Waals surface area (Å²) in [6.45, 7) is 4.34. The molecule has 0 bridgehead atoms. The quantitative estimate of drug-likeness (QED) is 0.720. The van der Waals surface area contributed by atoms with Gasteiger partial charge in [0.25, 0.3) is 0 Å². The molecule has 0 saturated heterocycles. The molecule has 6 heteroatoms. The molecule has 1 aromatic carbocycles. The number of carbonyl (C=O) groups is 2. The van der Waals surface area contributed by atoms with Crippen molar-refractivity contribution in [1.82, 2.24) is 5.32 Å². The van der Waals surface area contributed by atoms with Crippen LogP contribution in [-0.2, 0) is 9.53 Å². The average Bonchev–Trinajstić information content (AvgIpc) is 3.28. The Labute approximate surface area is 130 Å². The summed E-state index contributed by atoms with van der Waals surface area (Å²) >= 11 is 0. The predicted molar refractivity (Wildman–Crippen MR) is 84.3 cm³/mol. The summed E-state index contributed by atoms with van der Waals surface area (Å²) in [6, 6.07) is 6.43. The van der Waals surface area contributed by atoms with E-state index in [4.69, 9.17) is 10.5 Å². The maximum atomic E-state index is 12.1. The summed E-state index contributed by atoms with van der Waals surface area (Å²) in [5, 5.41) is 5.42. The molecule has 2 atom stereocenters. The molecule has 22 heavy (non-hydrogen) atoms. The fraction of sp³-hybridized carbons (Fsp3) is 0.500. The van der Waals surface area contributed by atoms with Crippen LogP contribution in [0.5, 0.6) is 0 Å². The first kappa shape index (κ1) is 16.3. The highest BCUT2D eigenvalue weighted by molar-refractivity contribution is 5.87. The van der Waals surface area contributed by atoms with Gasteiger partial charge in [0, 0.05) is 5.69 Å². The lowest BCUT2D eigenvalue weighted by Crippen LogP contribution is -2.36. The Bertz CT molecular complexity index is 526. The van der Waals surface area contributed by atoms with Crippen LogP contribution < -0.4 is 16.4 Å². The average molecular weight is 305 g/mol. The van der Waals surface area contributed by atoms with Gasteiger partial charge in [0.15, 0.2) is 0 Å². The number of carbonyl (C=O) groups excluding carboxylic acids is 2. The monoisotopic (exact) mass is 305 g/mol. The zero-order chi connectivity index (χ0) is 16.1. The fourth-order valence-electron chi connectivity index (χ4n) is 2.05. The van der Waals surface area contributed by atoms with Crippen molar-refractivity contribution >= 4 is 17.6 Å². The van der Waals surface area contributed by atoms with Crippen LogP contribution >= 0.6 is 0 Å². The summed E-state index contributed by atoms with van der Waals surface area (Å²) in [6.07, 6.45) is 1.96. The minimum atomic E-state index is -0.601. The van der Waals surface area contributed by atoms with E-state index in [-0.39, 0.29) is 11.9 Å². The molecule has 1 aliphatic carbocycles. The standard InChI is InChI=1S/C16H23N3O3/c1-10(13-5-7-14(8-6-13)19-16(17)21)18-15(20)11(2)22-9-12-3-4-12/h5-8,10-12H,3-4,9H2,1-2H3,(H,18,20)(H3,17,19,21). The molecule has 1 aliphatic rings. The van der Waals surface area contributed by atoms with Crippen LogP contribution in [0.1, 0.15) is 38.3 Å². The maximum Gasteiger partial charge on any atom is 0.316 e. The molecule has 0 aromatic heterocycles. The van der Waals surface area contributed by atoms with E-state index in [1.54, 1.807) is 19.1 Å². The topological polar surface area (TPSA) is 93.4 Å². The first-order valence-electron chi connectivity index (χ1n) is 7.54. The summed E-state index contributed by atoms with van der Waals surface area (Å²) in [7, 11) is 0.